The Kier molecular flexibility index (Phi) is 4.16. The molecule has 1 aromatic rings. The van der Waals surface area contributed by atoms with E-state index in [4.69, 9.17) is 4.74 Å². The van der Waals surface area contributed by atoms with E-state index in [1.54, 1.807) is 6.92 Å². The molecule has 0 aliphatic carbocycles. The first-order valence-corrected chi connectivity index (χ1v) is 6.83. The van der Waals surface area contributed by atoms with E-state index < -0.39 is 17.9 Å². The number of benzene rings is 1. The number of anilines is 1. The highest BCUT2D eigenvalue weighted by Crippen LogP contribution is 2.29. The van der Waals surface area contributed by atoms with Crippen molar-refractivity contribution in [3.63, 3.8) is 0 Å². The van der Waals surface area contributed by atoms with Gasteiger partial charge in [0.2, 0.25) is 11.8 Å². The van der Waals surface area contributed by atoms with Gasteiger partial charge in [-0.15, -0.1) is 0 Å². The van der Waals surface area contributed by atoms with Gasteiger partial charge in [0.1, 0.15) is 12.1 Å². The predicted octanol–water partition coefficient (Wildman–Crippen LogP) is 1.71. The third-order valence-electron chi connectivity index (χ3n) is 3.56. The molecule has 2 unspecified atom stereocenters. The van der Waals surface area contributed by atoms with Crippen LogP contribution in [0.3, 0.4) is 0 Å². The maximum atomic E-state index is 13.5. The number of carbonyl (C=O) groups is 2. The fourth-order valence-corrected chi connectivity index (χ4v) is 2.51. The highest BCUT2D eigenvalue weighted by atomic mass is 19.1. The molecule has 0 saturated carbocycles. The fraction of sp³-hybridized carbons (Fsp3) is 0.467. The van der Waals surface area contributed by atoms with E-state index in [9.17, 15) is 14.0 Å². The molecule has 1 aliphatic heterocycles. The summed E-state index contributed by atoms with van der Waals surface area (Å²) in [5.41, 5.74) is 0.457. The molecule has 1 heterocycles. The molecule has 2 amide bonds. The minimum atomic E-state index is -0.621. The van der Waals surface area contributed by atoms with Crippen molar-refractivity contribution in [3.8, 4) is 5.75 Å². The molecule has 114 valence electrons. The quantitative estimate of drug-likeness (QED) is 0.923. The van der Waals surface area contributed by atoms with Crippen molar-refractivity contribution >= 4 is 17.5 Å². The average molecular weight is 294 g/mol. The van der Waals surface area contributed by atoms with Crippen LogP contribution in [0.25, 0.3) is 0 Å². The van der Waals surface area contributed by atoms with Crippen LogP contribution in [0, 0.1) is 11.7 Å². The fourth-order valence-electron chi connectivity index (χ4n) is 2.51. The third kappa shape index (κ3) is 2.70. The van der Waals surface area contributed by atoms with Crippen LogP contribution in [-0.4, -0.2) is 31.0 Å². The number of nitrogens with one attached hydrogen (secondary N) is 1. The number of halogens is 1. The normalized spacial score (nSPS) is 22.5. The summed E-state index contributed by atoms with van der Waals surface area (Å²) in [7, 11) is 1.36. The molecule has 5 nitrogen and oxygen atoms in total. The standard InChI is InChI=1S/C15H19FN2O3/c1-8(2)13-14(19)17-9(3)15(20)18(13)10-5-6-11(16)12(7-10)21-4/h5-9,13H,1-4H3,(H,17,19). The smallest absolute Gasteiger partial charge is 0.250 e. The number of hydrogen-bond donors (Lipinski definition) is 1. The summed E-state index contributed by atoms with van der Waals surface area (Å²) in [6.45, 7) is 5.35. The lowest BCUT2D eigenvalue weighted by Gasteiger charge is -2.39. The van der Waals surface area contributed by atoms with E-state index in [2.05, 4.69) is 5.32 Å². The van der Waals surface area contributed by atoms with Crippen LogP contribution in [0.4, 0.5) is 10.1 Å². The lowest BCUT2D eigenvalue weighted by molar-refractivity contribution is -0.134. The number of rotatable bonds is 3. The summed E-state index contributed by atoms with van der Waals surface area (Å²) < 4.78 is 18.5. The van der Waals surface area contributed by atoms with Gasteiger partial charge >= 0.3 is 0 Å². The Morgan fingerprint density at radius 2 is 2.00 bits per heavy atom. The summed E-state index contributed by atoms with van der Waals surface area (Å²) in [6.07, 6.45) is 0. The molecule has 0 radical (unpaired) electrons. The summed E-state index contributed by atoms with van der Waals surface area (Å²) in [5, 5.41) is 2.66. The number of piperazine rings is 1. The first-order valence-electron chi connectivity index (χ1n) is 6.83. The number of methoxy groups -OCH3 is 1. The van der Waals surface area contributed by atoms with Crippen LogP contribution in [0.2, 0.25) is 0 Å². The van der Waals surface area contributed by atoms with Gasteiger partial charge in [-0.3, -0.25) is 14.5 Å². The first-order chi connectivity index (χ1) is 9.86. The van der Waals surface area contributed by atoms with Gasteiger partial charge in [-0.2, -0.15) is 0 Å². The van der Waals surface area contributed by atoms with E-state index >= 15 is 0 Å². The van der Waals surface area contributed by atoms with Crippen molar-refractivity contribution in [2.24, 2.45) is 5.92 Å². The number of amides is 2. The zero-order valence-electron chi connectivity index (χ0n) is 12.5. The Morgan fingerprint density at radius 3 is 2.57 bits per heavy atom. The minimum absolute atomic E-state index is 0.0430. The van der Waals surface area contributed by atoms with Crippen LogP contribution in [0.1, 0.15) is 20.8 Å². The lowest BCUT2D eigenvalue weighted by Crippen LogP contribution is -2.64. The Balaban J connectivity index is 2.50. The molecule has 0 bridgehead atoms. The molecule has 2 atom stereocenters. The molecular weight excluding hydrogens is 275 g/mol. The largest absolute Gasteiger partial charge is 0.494 e. The lowest BCUT2D eigenvalue weighted by atomic mass is 9.96. The topological polar surface area (TPSA) is 58.6 Å². The average Bonchev–Trinajstić information content (AvgIpc) is 2.42. The molecule has 1 N–H and O–H groups in total. The second-order valence-electron chi connectivity index (χ2n) is 5.45. The Labute approximate surface area is 123 Å². The van der Waals surface area contributed by atoms with Crippen molar-refractivity contribution in [2.75, 3.05) is 12.0 Å². The van der Waals surface area contributed by atoms with Gasteiger partial charge in [0.25, 0.3) is 0 Å². The third-order valence-corrected chi connectivity index (χ3v) is 3.56. The van der Waals surface area contributed by atoms with Gasteiger partial charge in [0.15, 0.2) is 11.6 Å². The monoisotopic (exact) mass is 294 g/mol. The summed E-state index contributed by atoms with van der Waals surface area (Å²) in [5.74, 6) is -0.967. The zero-order valence-corrected chi connectivity index (χ0v) is 12.5. The van der Waals surface area contributed by atoms with E-state index in [1.807, 2.05) is 13.8 Å². The zero-order chi connectivity index (χ0) is 15.7. The molecule has 21 heavy (non-hydrogen) atoms. The van der Waals surface area contributed by atoms with Gasteiger partial charge in [0.05, 0.1) is 7.11 Å². The second-order valence-corrected chi connectivity index (χ2v) is 5.45. The highest BCUT2D eigenvalue weighted by molar-refractivity contribution is 6.08. The number of hydrogen-bond acceptors (Lipinski definition) is 3. The Hall–Kier alpha value is -2.11. The molecule has 1 saturated heterocycles. The van der Waals surface area contributed by atoms with Crippen molar-refractivity contribution in [1.29, 1.82) is 0 Å². The molecule has 0 aromatic heterocycles. The van der Waals surface area contributed by atoms with Crippen LogP contribution >= 0.6 is 0 Å². The van der Waals surface area contributed by atoms with Crippen LogP contribution in [0.15, 0.2) is 18.2 Å². The minimum Gasteiger partial charge on any atom is -0.494 e. The van der Waals surface area contributed by atoms with Crippen LogP contribution in [-0.2, 0) is 9.59 Å². The highest BCUT2D eigenvalue weighted by Gasteiger charge is 2.41. The number of ether oxygens (including phenoxy) is 1. The van der Waals surface area contributed by atoms with Gasteiger partial charge in [-0.05, 0) is 25.0 Å². The molecule has 1 aliphatic rings. The molecule has 1 fully saturated rings. The first kappa shape index (κ1) is 15.3. The summed E-state index contributed by atoms with van der Waals surface area (Å²) in [4.78, 5) is 26.1. The maximum Gasteiger partial charge on any atom is 0.250 e. The molecule has 2 rings (SSSR count). The second kappa shape index (κ2) is 5.71. The van der Waals surface area contributed by atoms with Crippen LogP contribution in [0.5, 0.6) is 5.75 Å². The van der Waals surface area contributed by atoms with E-state index in [0.717, 1.165) is 0 Å². The Bertz CT molecular complexity index is 574. The van der Waals surface area contributed by atoms with Crippen molar-refractivity contribution < 1.29 is 18.7 Å². The van der Waals surface area contributed by atoms with Crippen molar-refractivity contribution in [3.05, 3.63) is 24.0 Å². The Morgan fingerprint density at radius 1 is 1.33 bits per heavy atom. The molecule has 1 aromatic carbocycles. The van der Waals surface area contributed by atoms with Gasteiger partial charge < -0.3 is 10.1 Å². The van der Waals surface area contributed by atoms with Gasteiger partial charge in [0, 0.05) is 11.8 Å². The van der Waals surface area contributed by atoms with E-state index in [1.165, 1.54) is 30.2 Å². The van der Waals surface area contributed by atoms with Crippen molar-refractivity contribution in [2.45, 2.75) is 32.9 Å². The molecule has 6 heteroatoms. The molecule has 0 spiro atoms. The predicted molar refractivity (Wildman–Crippen MR) is 76.7 cm³/mol. The van der Waals surface area contributed by atoms with Crippen molar-refractivity contribution in [1.82, 2.24) is 5.32 Å². The van der Waals surface area contributed by atoms with Crippen LogP contribution < -0.4 is 15.0 Å². The maximum absolute atomic E-state index is 13.5. The SMILES string of the molecule is COc1cc(N2C(=O)C(C)NC(=O)C2C(C)C)ccc1F. The van der Waals surface area contributed by atoms with E-state index in [0.29, 0.717) is 5.69 Å². The van der Waals surface area contributed by atoms with Gasteiger partial charge in [-0.25, -0.2) is 4.39 Å². The number of carbonyl (C=O) groups excluding carboxylic acids is 2. The summed E-state index contributed by atoms with van der Waals surface area (Å²) >= 11 is 0. The van der Waals surface area contributed by atoms with Gasteiger partial charge in [-0.1, -0.05) is 13.8 Å². The summed E-state index contributed by atoms with van der Waals surface area (Å²) in [6, 6.07) is 2.92. The molecular formula is C15H19FN2O3. The number of nitrogens with zero attached hydrogens (tertiary/aromatic N) is 1. The van der Waals surface area contributed by atoms with E-state index in [-0.39, 0.29) is 23.5 Å².